The van der Waals surface area contributed by atoms with E-state index in [9.17, 15) is 13.6 Å². The van der Waals surface area contributed by atoms with Crippen LogP contribution < -0.4 is 10.1 Å². The van der Waals surface area contributed by atoms with Gasteiger partial charge in [0.2, 0.25) is 0 Å². The summed E-state index contributed by atoms with van der Waals surface area (Å²) in [7, 11) is 0. The van der Waals surface area contributed by atoms with Crippen molar-refractivity contribution in [3.63, 3.8) is 0 Å². The Bertz CT molecular complexity index is 651. The summed E-state index contributed by atoms with van der Waals surface area (Å²) in [6.07, 6.45) is 0. The molecule has 2 rings (SSSR count). The summed E-state index contributed by atoms with van der Waals surface area (Å²) in [5.41, 5.74) is 2.74. The lowest BCUT2D eigenvalue weighted by Crippen LogP contribution is -2.20. The molecule has 3 nitrogen and oxygen atoms in total. The lowest BCUT2D eigenvalue weighted by molar-refractivity contribution is -0.118. The van der Waals surface area contributed by atoms with Gasteiger partial charge in [-0.2, -0.15) is 0 Å². The van der Waals surface area contributed by atoms with Crippen LogP contribution in [0.3, 0.4) is 0 Å². The molecule has 2 aromatic rings. The Morgan fingerprint density at radius 2 is 1.71 bits per heavy atom. The first-order valence-corrected chi connectivity index (χ1v) is 6.40. The molecule has 0 bridgehead atoms. The van der Waals surface area contributed by atoms with Gasteiger partial charge in [0.05, 0.1) is 0 Å². The summed E-state index contributed by atoms with van der Waals surface area (Å²) in [5, 5.41) is 2.69. The maximum Gasteiger partial charge on any atom is 0.262 e. The van der Waals surface area contributed by atoms with Gasteiger partial charge in [0, 0.05) is 11.8 Å². The van der Waals surface area contributed by atoms with E-state index in [1.54, 1.807) is 0 Å². The van der Waals surface area contributed by atoms with Crippen LogP contribution in [-0.4, -0.2) is 12.5 Å². The van der Waals surface area contributed by atoms with Gasteiger partial charge in [-0.3, -0.25) is 4.79 Å². The van der Waals surface area contributed by atoms with Crippen molar-refractivity contribution in [2.45, 2.75) is 13.8 Å². The Morgan fingerprint density at radius 3 is 2.33 bits per heavy atom. The van der Waals surface area contributed by atoms with Crippen LogP contribution in [0, 0.1) is 25.5 Å². The molecule has 0 aliphatic rings. The zero-order valence-corrected chi connectivity index (χ0v) is 11.7. The minimum atomic E-state index is -1.01. The van der Waals surface area contributed by atoms with Crippen molar-refractivity contribution >= 4 is 11.6 Å². The first-order valence-electron chi connectivity index (χ1n) is 6.40. The van der Waals surface area contributed by atoms with Gasteiger partial charge in [-0.1, -0.05) is 6.07 Å². The summed E-state index contributed by atoms with van der Waals surface area (Å²) in [6.45, 7) is 3.58. The zero-order chi connectivity index (χ0) is 15.4. The Morgan fingerprint density at radius 1 is 1.05 bits per heavy atom. The Kier molecular flexibility index (Phi) is 4.52. The maximum atomic E-state index is 13.0. The molecule has 0 atom stereocenters. The van der Waals surface area contributed by atoms with Crippen molar-refractivity contribution in [1.29, 1.82) is 0 Å². The normalized spacial score (nSPS) is 10.3. The molecule has 0 aliphatic carbocycles. The van der Waals surface area contributed by atoms with E-state index in [1.807, 2.05) is 32.0 Å². The molecule has 0 aromatic heterocycles. The highest BCUT2D eigenvalue weighted by atomic mass is 19.2. The van der Waals surface area contributed by atoms with Gasteiger partial charge in [-0.25, -0.2) is 8.78 Å². The van der Waals surface area contributed by atoms with Gasteiger partial charge in [0.15, 0.2) is 18.2 Å². The largest absolute Gasteiger partial charge is 0.484 e. The van der Waals surface area contributed by atoms with Crippen LogP contribution in [0.2, 0.25) is 0 Å². The molecule has 0 heterocycles. The molecule has 2 aromatic carbocycles. The first-order chi connectivity index (χ1) is 9.94. The molecule has 21 heavy (non-hydrogen) atoms. The topological polar surface area (TPSA) is 38.3 Å². The lowest BCUT2D eigenvalue weighted by Gasteiger charge is -2.09. The summed E-state index contributed by atoms with van der Waals surface area (Å²) in [6, 6.07) is 8.78. The van der Waals surface area contributed by atoms with Gasteiger partial charge in [0.25, 0.3) is 5.91 Å². The summed E-state index contributed by atoms with van der Waals surface area (Å²) in [5.74, 6) is -2.24. The molecule has 1 N–H and O–H groups in total. The highest BCUT2D eigenvalue weighted by molar-refractivity contribution is 5.92. The molecule has 0 aliphatic heterocycles. The number of halogens is 2. The SMILES string of the molecule is Cc1cc(C)cc(NC(=O)COc2ccc(F)c(F)c2)c1. The van der Waals surface area contributed by atoms with Crippen LogP contribution >= 0.6 is 0 Å². The Balaban J connectivity index is 1.94. The molecule has 0 spiro atoms. The number of anilines is 1. The predicted molar refractivity (Wildman–Crippen MR) is 76.4 cm³/mol. The minimum absolute atomic E-state index is 0.101. The second-order valence-corrected chi connectivity index (χ2v) is 4.79. The molecular formula is C16H15F2NO2. The second kappa shape index (κ2) is 6.35. The van der Waals surface area contributed by atoms with E-state index < -0.39 is 11.6 Å². The van der Waals surface area contributed by atoms with Crippen LogP contribution in [0.5, 0.6) is 5.75 Å². The predicted octanol–water partition coefficient (Wildman–Crippen LogP) is 3.60. The van der Waals surface area contributed by atoms with Crippen LogP contribution in [0.4, 0.5) is 14.5 Å². The molecule has 0 fully saturated rings. The van der Waals surface area contributed by atoms with Crippen LogP contribution in [0.25, 0.3) is 0 Å². The first kappa shape index (κ1) is 15.0. The standard InChI is InChI=1S/C16H15F2NO2/c1-10-5-11(2)7-12(6-10)19-16(20)9-21-13-3-4-14(17)15(18)8-13/h3-8H,9H2,1-2H3,(H,19,20). The van der Waals surface area contributed by atoms with Crippen molar-refractivity contribution in [1.82, 2.24) is 0 Å². The third kappa shape index (κ3) is 4.27. The van der Waals surface area contributed by atoms with E-state index in [-0.39, 0.29) is 18.3 Å². The average molecular weight is 291 g/mol. The van der Waals surface area contributed by atoms with Gasteiger partial charge >= 0.3 is 0 Å². The average Bonchev–Trinajstić information content (AvgIpc) is 2.39. The smallest absolute Gasteiger partial charge is 0.262 e. The molecular weight excluding hydrogens is 276 g/mol. The summed E-state index contributed by atoms with van der Waals surface area (Å²) in [4.78, 5) is 11.8. The number of carbonyl (C=O) groups excluding carboxylic acids is 1. The molecule has 0 radical (unpaired) electrons. The van der Waals surface area contributed by atoms with E-state index in [4.69, 9.17) is 4.74 Å². The third-order valence-electron chi connectivity index (χ3n) is 2.77. The highest BCUT2D eigenvalue weighted by Crippen LogP contribution is 2.16. The van der Waals surface area contributed by atoms with Crippen molar-refractivity contribution < 1.29 is 18.3 Å². The summed E-state index contributed by atoms with van der Waals surface area (Å²) < 4.78 is 30.9. The highest BCUT2D eigenvalue weighted by Gasteiger charge is 2.07. The number of rotatable bonds is 4. The molecule has 0 saturated heterocycles. The fraction of sp³-hybridized carbons (Fsp3) is 0.188. The van der Waals surface area contributed by atoms with E-state index in [2.05, 4.69) is 5.32 Å². The van der Waals surface area contributed by atoms with Crippen molar-refractivity contribution in [3.05, 3.63) is 59.2 Å². The van der Waals surface area contributed by atoms with Crippen LogP contribution in [0.1, 0.15) is 11.1 Å². The number of carbonyl (C=O) groups is 1. The molecule has 5 heteroatoms. The third-order valence-corrected chi connectivity index (χ3v) is 2.77. The van der Waals surface area contributed by atoms with Gasteiger partial charge in [-0.05, 0) is 49.2 Å². The van der Waals surface area contributed by atoms with Gasteiger partial charge in [0.1, 0.15) is 5.75 Å². The second-order valence-electron chi connectivity index (χ2n) is 4.79. The minimum Gasteiger partial charge on any atom is -0.484 e. The fourth-order valence-corrected chi connectivity index (χ4v) is 1.96. The molecule has 0 unspecified atom stereocenters. The van der Waals surface area contributed by atoms with E-state index in [0.717, 1.165) is 23.3 Å². The maximum absolute atomic E-state index is 13.0. The van der Waals surface area contributed by atoms with E-state index >= 15 is 0 Å². The zero-order valence-electron chi connectivity index (χ0n) is 11.7. The number of hydrogen-bond donors (Lipinski definition) is 1. The van der Waals surface area contributed by atoms with Gasteiger partial charge < -0.3 is 10.1 Å². The number of amides is 1. The van der Waals surface area contributed by atoms with Gasteiger partial charge in [-0.15, -0.1) is 0 Å². The number of nitrogens with one attached hydrogen (secondary N) is 1. The number of benzene rings is 2. The Hall–Kier alpha value is -2.43. The van der Waals surface area contributed by atoms with E-state index in [1.165, 1.54) is 6.07 Å². The fourth-order valence-electron chi connectivity index (χ4n) is 1.96. The Labute approximate surface area is 121 Å². The van der Waals surface area contributed by atoms with Crippen molar-refractivity contribution in [2.75, 3.05) is 11.9 Å². The molecule has 1 amide bonds. The van der Waals surface area contributed by atoms with Crippen LogP contribution in [-0.2, 0) is 4.79 Å². The monoisotopic (exact) mass is 291 g/mol. The molecule has 110 valence electrons. The quantitative estimate of drug-likeness (QED) is 0.934. The number of hydrogen-bond acceptors (Lipinski definition) is 2. The number of aryl methyl sites for hydroxylation is 2. The van der Waals surface area contributed by atoms with E-state index in [0.29, 0.717) is 5.69 Å². The summed E-state index contributed by atoms with van der Waals surface area (Å²) >= 11 is 0. The van der Waals surface area contributed by atoms with Crippen molar-refractivity contribution in [3.8, 4) is 5.75 Å². The lowest BCUT2D eigenvalue weighted by atomic mass is 10.1. The number of ether oxygens (including phenoxy) is 1. The molecule has 0 saturated carbocycles. The van der Waals surface area contributed by atoms with Crippen molar-refractivity contribution in [2.24, 2.45) is 0 Å². The van der Waals surface area contributed by atoms with Crippen LogP contribution in [0.15, 0.2) is 36.4 Å².